The zero-order chi connectivity index (χ0) is 24.6. The van der Waals surface area contributed by atoms with Gasteiger partial charge in [0.15, 0.2) is 0 Å². The monoisotopic (exact) mass is 485 g/mol. The van der Waals surface area contributed by atoms with E-state index in [9.17, 15) is 9.59 Å². The van der Waals surface area contributed by atoms with Gasteiger partial charge in [0.2, 0.25) is 5.91 Å². The Morgan fingerprint density at radius 1 is 0.971 bits per heavy atom. The average Bonchev–Trinajstić information content (AvgIpc) is 3.33. The summed E-state index contributed by atoms with van der Waals surface area (Å²) >= 11 is 1.47. The molecular weight excluding hydrogens is 458 g/mol. The van der Waals surface area contributed by atoms with Gasteiger partial charge >= 0.3 is 0 Å². The summed E-state index contributed by atoms with van der Waals surface area (Å²) in [6.07, 6.45) is 0.101. The minimum atomic E-state index is -0.249. The average molecular weight is 486 g/mol. The Morgan fingerprint density at radius 2 is 1.69 bits per heavy atom. The molecule has 0 aliphatic rings. The SMILES string of the molecule is CCOc1ccccc1-c1nc(CC(=O)Nc2ccccc2C(=O)NC(C)c2ccccc2)cs1. The van der Waals surface area contributed by atoms with Crippen LogP contribution < -0.4 is 15.4 Å². The van der Waals surface area contributed by atoms with Crippen LogP contribution in [0.5, 0.6) is 5.75 Å². The van der Waals surface area contributed by atoms with Gasteiger partial charge in [-0.3, -0.25) is 9.59 Å². The molecule has 1 heterocycles. The van der Waals surface area contributed by atoms with Gasteiger partial charge in [-0.2, -0.15) is 0 Å². The summed E-state index contributed by atoms with van der Waals surface area (Å²) < 4.78 is 5.70. The number of para-hydroxylation sites is 2. The molecule has 0 saturated heterocycles. The minimum Gasteiger partial charge on any atom is -0.493 e. The van der Waals surface area contributed by atoms with Gasteiger partial charge < -0.3 is 15.4 Å². The smallest absolute Gasteiger partial charge is 0.253 e. The van der Waals surface area contributed by atoms with Crippen LogP contribution in [0.25, 0.3) is 10.6 Å². The van der Waals surface area contributed by atoms with Crippen molar-refractivity contribution in [2.75, 3.05) is 11.9 Å². The lowest BCUT2D eigenvalue weighted by molar-refractivity contribution is -0.115. The molecule has 6 nitrogen and oxygen atoms in total. The second-order valence-corrected chi connectivity index (χ2v) is 8.81. The molecule has 0 aliphatic heterocycles. The molecule has 7 heteroatoms. The van der Waals surface area contributed by atoms with E-state index in [-0.39, 0.29) is 24.3 Å². The van der Waals surface area contributed by atoms with Crippen LogP contribution in [0.1, 0.15) is 41.5 Å². The second-order valence-electron chi connectivity index (χ2n) is 7.95. The lowest BCUT2D eigenvalue weighted by Gasteiger charge is -2.16. The molecule has 178 valence electrons. The van der Waals surface area contributed by atoms with Crippen molar-refractivity contribution in [1.29, 1.82) is 0 Å². The van der Waals surface area contributed by atoms with Crippen molar-refractivity contribution in [3.63, 3.8) is 0 Å². The quantitative estimate of drug-likeness (QED) is 0.310. The fourth-order valence-electron chi connectivity index (χ4n) is 3.69. The number of aromatic nitrogens is 1. The first-order valence-electron chi connectivity index (χ1n) is 11.5. The van der Waals surface area contributed by atoms with Crippen LogP contribution in [-0.4, -0.2) is 23.4 Å². The molecule has 2 amide bonds. The molecule has 1 atom stereocenters. The Balaban J connectivity index is 1.43. The fraction of sp³-hybridized carbons (Fsp3) is 0.179. The first-order valence-corrected chi connectivity index (χ1v) is 12.3. The Kier molecular flexibility index (Phi) is 7.90. The predicted octanol–water partition coefficient (Wildman–Crippen LogP) is 5.88. The van der Waals surface area contributed by atoms with E-state index in [0.717, 1.165) is 21.9 Å². The molecule has 0 bridgehead atoms. The molecule has 4 aromatic rings. The number of rotatable bonds is 9. The highest BCUT2D eigenvalue weighted by atomic mass is 32.1. The van der Waals surface area contributed by atoms with E-state index < -0.39 is 0 Å². The number of carbonyl (C=O) groups is 2. The van der Waals surface area contributed by atoms with E-state index >= 15 is 0 Å². The van der Waals surface area contributed by atoms with Crippen molar-refractivity contribution in [2.24, 2.45) is 0 Å². The van der Waals surface area contributed by atoms with Gasteiger partial charge in [-0.05, 0) is 43.7 Å². The fourth-order valence-corrected chi connectivity index (χ4v) is 4.53. The van der Waals surface area contributed by atoms with Gasteiger partial charge in [0.05, 0.1) is 41.6 Å². The maximum Gasteiger partial charge on any atom is 0.253 e. The normalized spacial score (nSPS) is 11.5. The Hall–Kier alpha value is -3.97. The van der Waals surface area contributed by atoms with Crippen LogP contribution in [0.4, 0.5) is 5.69 Å². The number of nitrogens with zero attached hydrogens (tertiary/aromatic N) is 1. The Morgan fingerprint density at radius 3 is 2.49 bits per heavy atom. The third-order valence-electron chi connectivity index (χ3n) is 5.40. The summed E-state index contributed by atoms with van der Waals surface area (Å²) in [7, 11) is 0. The number of ether oxygens (including phenoxy) is 1. The Labute approximate surface area is 209 Å². The highest BCUT2D eigenvalue weighted by Crippen LogP contribution is 2.32. The molecule has 35 heavy (non-hydrogen) atoms. The van der Waals surface area contributed by atoms with Crippen molar-refractivity contribution >= 4 is 28.8 Å². The summed E-state index contributed by atoms with van der Waals surface area (Å²) in [4.78, 5) is 30.4. The lowest BCUT2D eigenvalue weighted by atomic mass is 10.1. The van der Waals surface area contributed by atoms with E-state index in [1.165, 1.54) is 11.3 Å². The Bertz CT molecular complexity index is 1300. The summed E-state index contributed by atoms with van der Waals surface area (Å²) in [5, 5.41) is 8.54. The van der Waals surface area contributed by atoms with E-state index in [1.807, 2.05) is 73.8 Å². The molecule has 1 unspecified atom stereocenters. The first-order chi connectivity index (χ1) is 17.0. The van der Waals surface area contributed by atoms with Crippen molar-refractivity contribution in [3.8, 4) is 16.3 Å². The summed E-state index contributed by atoms with van der Waals surface area (Å²) in [5.41, 5.74) is 3.45. The maximum atomic E-state index is 12.9. The molecule has 0 fully saturated rings. The number of nitrogens with one attached hydrogen (secondary N) is 2. The number of anilines is 1. The molecule has 2 N–H and O–H groups in total. The lowest BCUT2D eigenvalue weighted by Crippen LogP contribution is -2.28. The minimum absolute atomic E-state index is 0.101. The number of benzene rings is 3. The van der Waals surface area contributed by atoms with E-state index in [0.29, 0.717) is 23.6 Å². The van der Waals surface area contributed by atoms with Gasteiger partial charge in [0.1, 0.15) is 10.8 Å². The summed E-state index contributed by atoms with van der Waals surface area (Å²) in [6.45, 7) is 4.43. The topological polar surface area (TPSA) is 80.3 Å². The number of thiazole rings is 1. The van der Waals surface area contributed by atoms with Crippen LogP contribution in [0.15, 0.2) is 84.2 Å². The summed E-state index contributed by atoms with van der Waals surface area (Å²) in [5.74, 6) is 0.280. The van der Waals surface area contributed by atoms with Gasteiger partial charge in [-0.25, -0.2) is 4.98 Å². The maximum absolute atomic E-state index is 12.9. The van der Waals surface area contributed by atoms with E-state index in [2.05, 4.69) is 15.6 Å². The highest BCUT2D eigenvalue weighted by Gasteiger charge is 2.17. The van der Waals surface area contributed by atoms with Gasteiger partial charge in [-0.1, -0.05) is 54.6 Å². The standard InChI is InChI=1S/C28H27N3O3S/c1-3-34-25-16-10-8-14-23(25)28-30-21(18-35-28)17-26(32)31-24-15-9-7-13-22(24)27(33)29-19(2)20-11-5-4-6-12-20/h4-16,18-19H,3,17H2,1-2H3,(H,29,33)(H,31,32). The van der Waals surface area contributed by atoms with Gasteiger partial charge in [0.25, 0.3) is 5.91 Å². The van der Waals surface area contributed by atoms with Crippen LogP contribution in [-0.2, 0) is 11.2 Å². The van der Waals surface area contributed by atoms with Crippen LogP contribution in [0.2, 0.25) is 0 Å². The third kappa shape index (κ3) is 6.13. The molecule has 1 aromatic heterocycles. The van der Waals surface area contributed by atoms with E-state index in [1.54, 1.807) is 24.3 Å². The first kappa shape index (κ1) is 24.2. The zero-order valence-corrected chi connectivity index (χ0v) is 20.5. The van der Waals surface area contributed by atoms with Gasteiger partial charge in [0, 0.05) is 5.38 Å². The van der Waals surface area contributed by atoms with Crippen LogP contribution in [0.3, 0.4) is 0 Å². The van der Waals surface area contributed by atoms with E-state index in [4.69, 9.17) is 4.74 Å². The molecular formula is C28H27N3O3S. The number of hydrogen-bond donors (Lipinski definition) is 2. The van der Waals surface area contributed by atoms with Crippen molar-refractivity contribution < 1.29 is 14.3 Å². The van der Waals surface area contributed by atoms with Crippen LogP contribution in [0, 0.1) is 0 Å². The van der Waals surface area contributed by atoms with Crippen LogP contribution >= 0.6 is 11.3 Å². The van der Waals surface area contributed by atoms with Crippen molar-refractivity contribution in [1.82, 2.24) is 10.3 Å². The van der Waals surface area contributed by atoms with Crippen molar-refractivity contribution in [3.05, 3.63) is 101 Å². The predicted molar refractivity (Wildman–Crippen MR) is 140 cm³/mol. The molecule has 0 radical (unpaired) electrons. The molecule has 3 aromatic carbocycles. The largest absolute Gasteiger partial charge is 0.493 e. The van der Waals surface area contributed by atoms with Crippen molar-refractivity contribution in [2.45, 2.75) is 26.3 Å². The number of carbonyl (C=O) groups excluding carboxylic acids is 2. The molecule has 4 rings (SSSR count). The molecule has 0 spiro atoms. The van der Waals surface area contributed by atoms with Gasteiger partial charge in [-0.15, -0.1) is 11.3 Å². The second kappa shape index (κ2) is 11.4. The zero-order valence-electron chi connectivity index (χ0n) is 19.7. The highest BCUT2D eigenvalue weighted by molar-refractivity contribution is 7.13. The number of hydrogen-bond acceptors (Lipinski definition) is 5. The summed E-state index contributed by atoms with van der Waals surface area (Å²) in [6, 6.07) is 24.3. The molecule has 0 aliphatic carbocycles. The third-order valence-corrected chi connectivity index (χ3v) is 6.33. The molecule has 0 saturated carbocycles. The number of amides is 2.